The van der Waals surface area contributed by atoms with Crippen molar-refractivity contribution in [3.63, 3.8) is 0 Å². The molecule has 0 aliphatic rings. The van der Waals surface area contributed by atoms with E-state index >= 15 is 0 Å². The smallest absolute Gasteiger partial charge is 0.268 e. The first kappa shape index (κ1) is 87.6. The molecule has 0 spiro atoms. The van der Waals surface area contributed by atoms with Crippen LogP contribution in [0.1, 0.15) is 328 Å². The van der Waals surface area contributed by atoms with Crippen LogP contribution in [0.4, 0.5) is 0 Å². The molecule has 0 aliphatic heterocycles. The number of phosphoric acid groups is 1. The summed E-state index contributed by atoms with van der Waals surface area (Å²) in [5.74, 6) is -0.198. The van der Waals surface area contributed by atoms with Gasteiger partial charge in [-0.3, -0.25) is 9.36 Å². The number of allylic oxidation sites excluding steroid dienone is 22. The molecule has 91 heavy (non-hydrogen) atoms. The summed E-state index contributed by atoms with van der Waals surface area (Å²) in [4.78, 5) is 25.7. The summed E-state index contributed by atoms with van der Waals surface area (Å²) < 4.78 is 23.5. The van der Waals surface area contributed by atoms with E-state index in [0.717, 1.165) is 116 Å². The minimum Gasteiger partial charge on any atom is -0.756 e. The molecule has 0 bridgehead atoms. The minimum atomic E-state index is -4.60. The van der Waals surface area contributed by atoms with Gasteiger partial charge in [-0.1, -0.05) is 359 Å². The SMILES string of the molecule is CC/C=C\C/C=C\C/C=C\C/C=C\C/C=C\C/C=C\C/C=C\C/C=C\C/C=C\C/C=C\C/C=C\CCCCCC(=O)NC(COP(=O)([O-])OCC[N+](C)(C)C)C(O)CCCCCCCCCCCCCCCCCCCCCCCCCCCCCCCCCC. The highest BCUT2D eigenvalue weighted by Crippen LogP contribution is 2.38. The number of nitrogens with one attached hydrogen (secondary N) is 1. The zero-order chi connectivity index (χ0) is 66.2. The maximum atomic E-state index is 13.1. The number of hydrogen-bond donors (Lipinski definition) is 2. The Bertz CT molecular complexity index is 1950. The predicted molar refractivity (Wildman–Crippen MR) is 398 cm³/mol. The van der Waals surface area contributed by atoms with E-state index in [9.17, 15) is 19.4 Å². The Labute approximate surface area is 564 Å². The lowest BCUT2D eigenvalue weighted by molar-refractivity contribution is -0.870. The molecule has 8 nitrogen and oxygen atoms in total. The number of hydrogen-bond acceptors (Lipinski definition) is 6. The Kier molecular flexibility index (Phi) is 68.3. The molecule has 0 aromatic rings. The van der Waals surface area contributed by atoms with Gasteiger partial charge >= 0.3 is 0 Å². The highest BCUT2D eigenvalue weighted by molar-refractivity contribution is 7.45. The molecule has 524 valence electrons. The minimum absolute atomic E-state index is 0.00113. The van der Waals surface area contributed by atoms with E-state index in [2.05, 4.69) is 153 Å². The van der Waals surface area contributed by atoms with Gasteiger partial charge in [-0.15, -0.1) is 0 Å². The van der Waals surface area contributed by atoms with Gasteiger partial charge in [0.1, 0.15) is 13.2 Å². The zero-order valence-electron chi connectivity index (χ0n) is 60.0. The highest BCUT2D eigenvalue weighted by atomic mass is 31.2. The number of aliphatic hydroxyl groups is 1. The Morgan fingerprint density at radius 3 is 0.967 bits per heavy atom. The normalized spacial score (nSPS) is 14.3. The molecule has 0 radical (unpaired) electrons. The second-order valence-electron chi connectivity index (χ2n) is 26.6. The molecule has 0 rings (SSSR count). The van der Waals surface area contributed by atoms with Gasteiger partial charge in [0.2, 0.25) is 5.91 Å². The Hall–Kier alpha value is -3.36. The van der Waals surface area contributed by atoms with E-state index < -0.39 is 20.0 Å². The molecule has 3 unspecified atom stereocenters. The monoisotopic (exact) mass is 1290 g/mol. The van der Waals surface area contributed by atoms with Gasteiger partial charge in [0, 0.05) is 6.42 Å². The van der Waals surface area contributed by atoms with Crippen LogP contribution in [0, 0.1) is 0 Å². The third-order valence-corrected chi connectivity index (χ3v) is 17.6. The van der Waals surface area contributed by atoms with Crippen molar-refractivity contribution in [2.45, 2.75) is 341 Å². The van der Waals surface area contributed by atoms with Crippen LogP contribution < -0.4 is 10.2 Å². The van der Waals surface area contributed by atoms with Crippen LogP contribution in [0.25, 0.3) is 0 Å². The first-order valence-corrected chi connectivity index (χ1v) is 39.5. The largest absolute Gasteiger partial charge is 0.756 e. The fourth-order valence-corrected chi connectivity index (χ4v) is 11.5. The first-order valence-electron chi connectivity index (χ1n) is 38.0. The summed E-state index contributed by atoms with van der Waals surface area (Å²) >= 11 is 0. The van der Waals surface area contributed by atoms with Crippen molar-refractivity contribution in [1.29, 1.82) is 0 Å². The molecular weight excluding hydrogens is 1140 g/mol. The maximum absolute atomic E-state index is 13.1. The van der Waals surface area contributed by atoms with Crippen LogP contribution >= 0.6 is 7.82 Å². The van der Waals surface area contributed by atoms with E-state index in [-0.39, 0.29) is 19.1 Å². The molecule has 1 amide bonds. The summed E-state index contributed by atoms with van der Waals surface area (Å²) in [6.07, 6.45) is 107. The molecule has 0 aromatic heterocycles. The molecule has 0 aliphatic carbocycles. The lowest BCUT2D eigenvalue weighted by Gasteiger charge is -2.30. The van der Waals surface area contributed by atoms with Gasteiger partial charge < -0.3 is 28.8 Å². The van der Waals surface area contributed by atoms with Gasteiger partial charge in [-0.25, -0.2) is 0 Å². The van der Waals surface area contributed by atoms with E-state index in [1.807, 2.05) is 21.1 Å². The Balaban J connectivity index is 4.13. The summed E-state index contributed by atoms with van der Waals surface area (Å²) in [6.45, 7) is 4.61. The summed E-state index contributed by atoms with van der Waals surface area (Å²) in [6, 6.07) is -0.831. The molecule has 0 fully saturated rings. The molecule has 0 saturated heterocycles. The van der Waals surface area contributed by atoms with Crippen LogP contribution in [-0.4, -0.2) is 68.5 Å². The molecule has 0 heterocycles. The number of unbranched alkanes of at least 4 members (excludes halogenated alkanes) is 34. The van der Waals surface area contributed by atoms with E-state index in [1.54, 1.807) is 0 Å². The number of aliphatic hydroxyl groups excluding tert-OH is 1. The molecule has 3 atom stereocenters. The van der Waals surface area contributed by atoms with Crippen LogP contribution in [0.3, 0.4) is 0 Å². The molecule has 0 saturated carbocycles. The fourth-order valence-electron chi connectivity index (χ4n) is 10.8. The van der Waals surface area contributed by atoms with Crippen LogP contribution in [0.5, 0.6) is 0 Å². The number of likely N-dealkylation sites (N-methyl/N-ethyl adjacent to an activating group) is 1. The number of carbonyl (C=O) groups is 1. The van der Waals surface area contributed by atoms with Crippen molar-refractivity contribution in [2.75, 3.05) is 40.9 Å². The van der Waals surface area contributed by atoms with E-state index in [1.165, 1.54) is 186 Å². The average Bonchev–Trinajstić information content (AvgIpc) is 3.42. The van der Waals surface area contributed by atoms with Gasteiger partial charge in [-0.2, -0.15) is 0 Å². The van der Waals surface area contributed by atoms with Gasteiger partial charge in [0.15, 0.2) is 0 Å². The van der Waals surface area contributed by atoms with Crippen molar-refractivity contribution in [3.8, 4) is 0 Å². The third-order valence-electron chi connectivity index (χ3n) is 16.7. The molecular formula is C82H145N2O6P. The zero-order valence-corrected chi connectivity index (χ0v) is 60.9. The van der Waals surface area contributed by atoms with Gasteiger partial charge in [0.25, 0.3) is 7.82 Å². The van der Waals surface area contributed by atoms with Crippen molar-refractivity contribution >= 4 is 13.7 Å². The van der Waals surface area contributed by atoms with E-state index in [4.69, 9.17) is 9.05 Å². The van der Waals surface area contributed by atoms with Crippen molar-refractivity contribution in [1.82, 2.24) is 5.32 Å². The lowest BCUT2D eigenvalue weighted by Crippen LogP contribution is -2.46. The number of carbonyl (C=O) groups excluding carboxylic acids is 1. The van der Waals surface area contributed by atoms with Crippen molar-refractivity contribution in [3.05, 3.63) is 134 Å². The summed E-state index contributed by atoms with van der Waals surface area (Å²) in [7, 11) is 1.27. The van der Waals surface area contributed by atoms with Crippen molar-refractivity contribution < 1.29 is 32.9 Å². The predicted octanol–water partition coefficient (Wildman–Crippen LogP) is 24.3. The van der Waals surface area contributed by atoms with Crippen LogP contribution in [-0.2, 0) is 18.4 Å². The van der Waals surface area contributed by atoms with E-state index in [0.29, 0.717) is 23.9 Å². The quantitative estimate of drug-likeness (QED) is 0.0272. The third kappa shape index (κ3) is 73.9. The summed E-state index contributed by atoms with van der Waals surface area (Å²) in [5, 5.41) is 14.1. The number of nitrogens with zero attached hydrogens (tertiary/aromatic N) is 1. The first-order chi connectivity index (χ1) is 44.5. The highest BCUT2D eigenvalue weighted by Gasteiger charge is 2.24. The van der Waals surface area contributed by atoms with Crippen molar-refractivity contribution in [2.24, 2.45) is 0 Å². The maximum Gasteiger partial charge on any atom is 0.268 e. The van der Waals surface area contributed by atoms with Crippen LogP contribution in [0.2, 0.25) is 0 Å². The second-order valence-corrected chi connectivity index (χ2v) is 28.0. The fraction of sp³-hybridized carbons (Fsp3) is 0.720. The standard InChI is InChI=1S/C82H145N2O6P/c1-6-8-10-12-14-16-18-20-22-24-26-28-30-32-34-36-38-40-41-42-43-44-46-48-50-52-54-56-58-60-62-64-66-68-70-72-74-76-82(86)83-80(79-90-91(87,88)89-78-77-84(3,4)5)81(85)75-73-71-69-67-65-63-61-59-57-55-53-51-49-47-45-39-37-35-33-31-29-27-25-23-21-19-17-15-13-11-9-7-2/h8,10,14,16,20,22,26,28,32,34,38,40,42-43,46,48,52,54,58,60,64,66,80-81,85H,6-7,9,11-13,15,17-19,21,23-25,27,29-31,33,35-37,39,41,44-45,47,49-51,53,55-57,59,61-63,65,67-79H2,1-5H3,(H-,83,86,87,88)/b10-8-,16-14-,22-20-,28-26-,34-32-,40-38-,43-42-,48-46-,54-52-,60-58-,66-64-. The topological polar surface area (TPSA) is 108 Å². The Morgan fingerprint density at radius 1 is 0.396 bits per heavy atom. The number of amides is 1. The molecule has 9 heteroatoms. The number of quaternary nitrogens is 1. The second kappa shape index (κ2) is 70.9. The molecule has 2 N–H and O–H groups in total. The number of rotatable bonds is 69. The average molecular weight is 1290 g/mol. The van der Waals surface area contributed by atoms with Gasteiger partial charge in [-0.05, 0) is 96.3 Å². The van der Waals surface area contributed by atoms with Gasteiger partial charge in [0.05, 0.1) is 39.9 Å². The molecule has 0 aromatic carbocycles. The summed E-state index contributed by atoms with van der Waals surface area (Å²) in [5.41, 5.74) is 0. The lowest BCUT2D eigenvalue weighted by atomic mass is 10.0. The van der Waals surface area contributed by atoms with Crippen LogP contribution in [0.15, 0.2) is 134 Å². The Morgan fingerprint density at radius 2 is 0.670 bits per heavy atom. The number of phosphoric ester groups is 1.